The summed E-state index contributed by atoms with van der Waals surface area (Å²) < 4.78 is 10.7. The number of rotatable bonds is 6. The van der Waals surface area contributed by atoms with Crippen molar-refractivity contribution in [2.45, 2.75) is 40.0 Å². The molecule has 0 fully saturated rings. The zero-order valence-corrected chi connectivity index (χ0v) is 21.3. The molecule has 1 heterocycles. The summed E-state index contributed by atoms with van der Waals surface area (Å²) in [6, 6.07) is 15.2. The van der Waals surface area contributed by atoms with Crippen LogP contribution >= 0.6 is 11.3 Å². The predicted octanol–water partition coefficient (Wildman–Crippen LogP) is 6.92. The first-order valence-corrected chi connectivity index (χ1v) is 12.4. The maximum absolute atomic E-state index is 13.6. The number of hydrogen-bond donors (Lipinski definition) is 1. The second-order valence-electron chi connectivity index (χ2n) is 9.68. The van der Waals surface area contributed by atoms with Crippen molar-refractivity contribution < 1.29 is 14.3 Å². The molecule has 1 aliphatic carbocycles. The zero-order chi connectivity index (χ0) is 24.3. The summed E-state index contributed by atoms with van der Waals surface area (Å²) in [5.74, 6) is 1.88. The number of amides is 1. The van der Waals surface area contributed by atoms with Crippen LogP contribution in [-0.2, 0) is 12.8 Å². The van der Waals surface area contributed by atoms with Crippen molar-refractivity contribution in [2.75, 3.05) is 19.5 Å². The number of hydrogen-bond acceptors (Lipinski definition) is 5. The summed E-state index contributed by atoms with van der Waals surface area (Å²) in [4.78, 5) is 19.6. The fraction of sp³-hybridized carbons (Fsp3) is 0.357. The first-order valence-electron chi connectivity index (χ1n) is 11.6. The van der Waals surface area contributed by atoms with Gasteiger partial charge in [-0.1, -0.05) is 32.9 Å². The highest BCUT2D eigenvalue weighted by Gasteiger charge is 2.33. The van der Waals surface area contributed by atoms with Crippen LogP contribution in [0.2, 0.25) is 0 Å². The van der Waals surface area contributed by atoms with Crippen molar-refractivity contribution in [1.82, 2.24) is 0 Å². The van der Waals surface area contributed by atoms with E-state index >= 15 is 0 Å². The van der Waals surface area contributed by atoms with Crippen LogP contribution in [0.1, 0.15) is 53.6 Å². The quantitative estimate of drug-likeness (QED) is 0.393. The lowest BCUT2D eigenvalue weighted by Gasteiger charge is -2.33. The highest BCUT2D eigenvalue weighted by molar-refractivity contribution is 7.16. The molecule has 1 aliphatic rings. The van der Waals surface area contributed by atoms with Crippen LogP contribution in [0.15, 0.2) is 53.5 Å². The molecule has 0 bridgehead atoms. The number of carbonyl (C=O) groups is 1. The van der Waals surface area contributed by atoms with Crippen molar-refractivity contribution in [3.63, 3.8) is 0 Å². The summed E-state index contributed by atoms with van der Waals surface area (Å²) in [6.07, 6.45) is 4.76. The molecule has 1 atom stereocenters. The lowest BCUT2D eigenvalue weighted by atomic mass is 9.72. The number of ether oxygens (including phenoxy) is 2. The molecule has 0 saturated carbocycles. The summed E-state index contributed by atoms with van der Waals surface area (Å²) in [5, 5.41) is 3.81. The van der Waals surface area contributed by atoms with Gasteiger partial charge in [-0.25, -0.2) is 4.99 Å². The van der Waals surface area contributed by atoms with Gasteiger partial charge in [0, 0.05) is 11.1 Å². The molecule has 1 amide bonds. The van der Waals surface area contributed by atoms with Gasteiger partial charge in [-0.2, -0.15) is 0 Å². The second-order valence-corrected chi connectivity index (χ2v) is 10.8. The fourth-order valence-corrected chi connectivity index (χ4v) is 5.66. The number of nitrogens with one attached hydrogen (secondary N) is 1. The van der Waals surface area contributed by atoms with Gasteiger partial charge in [-0.05, 0) is 78.1 Å². The smallest absolute Gasteiger partial charge is 0.259 e. The molecular formula is C28H32N2O3S. The molecule has 6 heteroatoms. The van der Waals surface area contributed by atoms with Gasteiger partial charge in [0.15, 0.2) is 0 Å². The Hall–Kier alpha value is -3.12. The summed E-state index contributed by atoms with van der Waals surface area (Å²) in [7, 11) is 3.26. The van der Waals surface area contributed by atoms with E-state index in [-0.39, 0.29) is 11.3 Å². The van der Waals surface area contributed by atoms with Crippen LogP contribution in [0, 0.1) is 11.3 Å². The van der Waals surface area contributed by atoms with E-state index in [1.807, 2.05) is 54.7 Å². The maximum atomic E-state index is 13.6. The number of nitrogens with zero attached hydrogens (tertiary/aromatic N) is 1. The predicted molar refractivity (Wildman–Crippen MR) is 140 cm³/mol. The third kappa shape index (κ3) is 5.17. The van der Waals surface area contributed by atoms with Gasteiger partial charge < -0.3 is 14.8 Å². The number of thiophene rings is 1. The summed E-state index contributed by atoms with van der Waals surface area (Å²) in [6.45, 7) is 6.90. The lowest BCUT2D eigenvalue weighted by molar-refractivity contribution is 0.102. The molecule has 0 spiro atoms. The van der Waals surface area contributed by atoms with Crippen LogP contribution in [0.25, 0.3) is 0 Å². The summed E-state index contributed by atoms with van der Waals surface area (Å²) >= 11 is 1.64. The van der Waals surface area contributed by atoms with Gasteiger partial charge in [-0.3, -0.25) is 4.79 Å². The minimum absolute atomic E-state index is 0.141. The fourth-order valence-electron chi connectivity index (χ4n) is 4.39. The molecule has 4 rings (SSSR count). The minimum atomic E-state index is -0.141. The number of para-hydroxylation sites is 2. The Morgan fingerprint density at radius 1 is 1.09 bits per heavy atom. The average Bonchev–Trinajstić information content (AvgIpc) is 3.20. The standard InChI is InChI=1S/C28H32N2O3S/c1-28(2,3)19-12-15-21-24(16-19)34-27(29-17-18-10-13-20(32-4)14-11-18)25(21)26(31)30-22-8-6-7-9-23(22)33-5/h6-11,13-14,17,19H,12,15-16H2,1-5H3,(H,30,31)/b29-17+. The highest BCUT2D eigenvalue weighted by atomic mass is 32.1. The van der Waals surface area contributed by atoms with Crippen LogP contribution in [-0.4, -0.2) is 26.3 Å². The van der Waals surface area contributed by atoms with E-state index in [9.17, 15) is 4.79 Å². The molecule has 2 aromatic carbocycles. The van der Waals surface area contributed by atoms with E-state index in [1.165, 1.54) is 4.88 Å². The maximum Gasteiger partial charge on any atom is 0.259 e. The molecule has 5 nitrogen and oxygen atoms in total. The number of aliphatic imine (C=N–C) groups is 1. The molecule has 178 valence electrons. The zero-order valence-electron chi connectivity index (χ0n) is 20.5. The first-order chi connectivity index (χ1) is 16.3. The Morgan fingerprint density at radius 3 is 2.50 bits per heavy atom. The molecule has 34 heavy (non-hydrogen) atoms. The van der Waals surface area contributed by atoms with Crippen molar-refractivity contribution in [3.8, 4) is 11.5 Å². The second kappa shape index (κ2) is 10.0. The van der Waals surface area contributed by atoms with Crippen LogP contribution in [0.3, 0.4) is 0 Å². The van der Waals surface area contributed by atoms with Crippen molar-refractivity contribution in [1.29, 1.82) is 0 Å². The van der Waals surface area contributed by atoms with E-state index in [2.05, 4.69) is 26.1 Å². The van der Waals surface area contributed by atoms with E-state index in [0.717, 1.165) is 41.1 Å². The topological polar surface area (TPSA) is 59.9 Å². The highest BCUT2D eigenvalue weighted by Crippen LogP contribution is 2.45. The summed E-state index contributed by atoms with van der Waals surface area (Å²) in [5.41, 5.74) is 3.66. The van der Waals surface area contributed by atoms with Crippen LogP contribution < -0.4 is 14.8 Å². The largest absolute Gasteiger partial charge is 0.497 e. The normalized spacial score (nSPS) is 15.7. The Bertz CT molecular complexity index is 1190. The Labute approximate surface area is 205 Å². The van der Waals surface area contributed by atoms with Gasteiger partial charge in [0.05, 0.1) is 25.5 Å². The first kappa shape index (κ1) is 24.0. The van der Waals surface area contributed by atoms with Gasteiger partial charge in [-0.15, -0.1) is 11.3 Å². The lowest BCUT2D eigenvalue weighted by Crippen LogP contribution is -2.27. The number of benzene rings is 2. The molecule has 1 unspecified atom stereocenters. The van der Waals surface area contributed by atoms with Crippen molar-refractivity contribution in [2.24, 2.45) is 16.3 Å². The molecular weight excluding hydrogens is 444 g/mol. The van der Waals surface area contributed by atoms with Crippen molar-refractivity contribution >= 4 is 34.1 Å². The Kier molecular flexibility index (Phi) is 7.08. The average molecular weight is 477 g/mol. The monoisotopic (exact) mass is 476 g/mol. The van der Waals surface area contributed by atoms with E-state index in [0.29, 0.717) is 22.9 Å². The van der Waals surface area contributed by atoms with Crippen LogP contribution in [0.4, 0.5) is 10.7 Å². The Balaban J connectivity index is 1.70. The SMILES string of the molecule is COc1ccc(/C=N/c2sc3c(c2C(=O)Nc2ccccc2OC)CCC(C(C)(C)C)C3)cc1. The third-order valence-corrected chi connectivity index (χ3v) is 7.66. The number of methoxy groups -OCH3 is 2. The van der Waals surface area contributed by atoms with E-state index in [4.69, 9.17) is 14.5 Å². The van der Waals surface area contributed by atoms with Crippen LogP contribution in [0.5, 0.6) is 11.5 Å². The van der Waals surface area contributed by atoms with E-state index in [1.54, 1.807) is 25.6 Å². The molecule has 0 aliphatic heterocycles. The van der Waals surface area contributed by atoms with Gasteiger partial charge in [0.1, 0.15) is 16.5 Å². The van der Waals surface area contributed by atoms with Gasteiger partial charge in [0.2, 0.25) is 0 Å². The van der Waals surface area contributed by atoms with E-state index < -0.39 is 0 Å². The third-order valence-electron chi connectivity index (χ3n) is 6.50. The van der Waals surface area contributed by atoms with Crippen molar-refractivity contribution in [3.05, 3.63) is 70.1 Å². The number of fused-ring (bicyclic) bond motifs is 1. The van der Waals surface area contributed by atoms with Gasteiger partial charge in [0.25, 0.3) is 5.91 Å². The molecule has 1 N–H and O–H groups in total. The molecule has 1 aromatic heterocycles. The number of carbonyl (C=O) groups excluding carboxylic acids is 1. The molecule has 0 saturated heterocycles. The molecule has 3 aromatic rings. The van der Waals surface area contributed by atoms with Gasteiger partial charge >= 0.3 is 0 Å². The molecule has 0 radical (unpaired) electrons. The Morgan fingerprint density at radius 2 is 1.82 bits per heavy atom. The number of anilines is 1. The minimum Gasteiger partial charge on any atom is -0.497 e.